The van der Waals surface area contributed by atoms with E-state index in [1.165, 1.54) is 26.5 Å². The summed E-state index contributed by atoms with van der Waals surface area (Å²) in [5.74, 6) is 0.0416. The first-order valence-corrected chi connectivity index (χ1v) is 9.37. The van der Waals surface area contributed by atoms with Crippen LogP contribution in [0, 0.1) is 0 Å². The lowest BCUT2D eigenvalue weighted by molar-refractivity contribution is -0.133. The number of ether oxygens (including phenoxy) is 3. The topological polar surface area (TPSA) is 82.8 Å². The average Bonchev–Trinajstić information content (AvgIpc) is 3.12. The number of carbonyl (C=O) groups excluding carboxylic acids is 1. The summed E-state index contributed by atoms with van der Waals surface area (Å²) in [6, 6.07) is 13.8. The molecule has 156 valence electrons. The molecule has 0 unspecified atom stereocenters. The quantitative estimate of drug-likeness (QED) is 0.345. The van der Waals surface area contributed by atoms with Gasteiger partial charge < -0.3 is 19.3 Å². The van der Waals surface area contributed by atoms with Gasteiger partial charge in [-0.3, -0.25) is 0 Å². The second-order valence-electron chi connectivity index (χ2n) is 6.36. The number of aromatic nitrogens is 2. The Labute approximate surface area is 179 Å². The first kappa shape index (κ1) is 21.3. The number of rotatable bonds is 7. The fourth-order valence-corrected chi connectivity index (χ4v) is 3.11. The predicted octanol–water partition coefficient (Wildman–Crippen LogP) is 4.19. The highest BCUT2D eigenvalue weighted by atomic mass is 35.5. The number of carbonyl (C=O) groups is 1. The number of aromatic hydroxyl groups is 1. The smallest absolute Gasteiger partial charge is 0.341 e. The third-order valence-corrected chi connectivity index (χ3v) is 4.63. The van der Waals surface area contributed by atoms with Gasteiger partial charge in [-0.2, -0.15) is 5.10 Å². The van der Waals surface area contributed by atoms with Crippen molar-refractivity contribution in [3.8, 4) is 22.9 Å². The number of benzene rings is 2. The van der Waals surface area contributed by atoms with E-state index in [2.05, 4.69) is 5.10 Å². The van der Waals surface area contributed by atoms with Crippen molar-refractivity contribution in [2.45, 2.75) is 6.61 Å². The SMILES string of the molecule is CO/C=C(/C(=O)OC)c1ccccc1COc1cc(-c2cc(Cl)ccc2O)nn1C. The molecule has 0 spiro atoms. The number of methoxy groups -OCH3 is 2. The monoisotopic (exact) mass is 428 g/mol. The zero-order valence-corrected chi connectivity index (χ0v) is 17.5. The van der Waals surface area contributed by atoms with Crippen molar-refractivity contribution in [3.63, 3.8) is 0 Å². The summed E-state index contributed by atoms with van der Waals surface area (Å²) < 4.78 is 17.4. The molecule has 0 fully saturated rings. The van der Waals surface area contributed by atoms with Crippen molar-refractivity contribution >= 4 is 23.1 Å². The Bertz CT molecular complexity index is 1090. The van der Waals surface area contributed by atoms with E-state index >= 15 is 0 Å². The fourth-order valence-electron chi connectivity index (χ4n) is 2.94. The third kappa shape index (κ3) is 4.58. The van der Waals surface area contributed by atoms with Crippen LogP contribution in [0.1, 0.15) is 11.1 Å². The Hall–Kier alpha value is -3.45. The summed E-state index contributed by atoms with van der Waals surface area (Å²) in [5, 5.41) is 15.0. The summed E-state index contributed by atoms with van der Waals surface area (Å²) in [5.41, 5.74) is 2.72. The maximum absolute atomic E-state index is 12.1. The molecule has 0 aliphatic rings. The van der Waals surface area contributed by atoms with Crippen molar-refractivity contribution in [1.29, 1.82) is 0 Å². The first-order chi connectivity index (χ1) is 14.4. The summed E-state index contributed by atoms with van der Waals surface area (Å²) in [6.45, 7) is 0.175. The summed E-state index contributed by atoms with van der Waals surface area (Å²) in [4.78, 5) is 12.1. The lowest BCUT2D eigenvalue weighted by Gasteiger charge is -2.12. The van der Waals surface area contributed by atoms with E-state index in [1.54, 1.807) is 36.0 Å². The van der Waals surface area contributed by atoms with E-state index in [1.807, 2.05) is 18.2 Å². The van der Waals surface area contributed by atoms with E-state index < -0.39 is 5.97 Å². The maximum Gasteiger partial charge on any atom is 0.341 e. The molecule has 0 atom stereocenters. The van der Waals surface area contributed by atoms with Crippen LogP contribution < -0.4 is 4.74 Å². The van der Waals surface area contributed by atoms with Gasteiger partial charge in [0.2, 0.25) is 5.88 Å². The Morgan fingerprint density at radius 2 is 1.97 bits per heavy atom. The van der Waals surface area contributed by atoms with E-state index in [4.69, 9.17) is 25.8 Å². The number of phenols is 1. The molecule has 3 aromatic rings. The predicted molar refractivity (Wildman–Crippen MR) is 113 cm³/mol. The fraction of sp³-hybridized carbons (Fsp3) is 0.182. The molecule has 0 aliphatic carbocycles. The minimum absolute atomic E-state index is 0.0711. The van der Waals surface area contributed by atoms with Gasteiger partial charge in [0.1, 0.15) is 17.9 Å². The van der Waals surface area contributed by atoms with Crippen LogP contribution in [0.2, 0.25) is 5.02 Å². The normalized spacial score (nSPS) is 11.3. The van der Waals surface area contributed by atoms with Crippen molar-refractivity contribution < 1.29 is 24.1 Å². The highest BCUT2D eigenvalue weighted by Gasteiger charge is 2.18. The molecule has 0 bridgehead atoms. The van der Waals surface area contributed by atoms with E-state index in [0.717, 1.165) is 5.56 Å². The van der Waals surface area contributed by atoms with Crippen LogP contribution in [-0.4, -0.2) is 35.1 Å². The van der Waals surface area contributed by atoms with Gasteiger partial charge >= 0.3 is 5.97 Å². The van der Waals surface area contributed by atoms with Crippen LogP contribution in [0.4, 0.5) is 0 Å². The minimum atomic E-state index is -0.511. The molecule has 0 aliphatic heterocycles. The number of halogens is 1. The number of aryl methyl sites for hydroxylation is 1. The summed E-state index contributed by atoms with van der Waals surface area (Å²) in [6.07, 6.45) is 1.34. The van der Waals surface area contributed by atoms with Crippen molar-refractivity contribution in [1.82, 2.24) is 9.78 Å². The molecule has 3 rings (SSSR count). The lowest BCUT2D eigenvalue weighted by atomic mass is 10.0. The van der Waals surface area contributed by atoms with E-state index in [-0.39, 0.29) is 17.9 Å². The molecular formula is C22H21ClN2O5. The van der Waals surface area contributed by atoms with Gasteiger partial charge in [-0.1, -0.05) is 35.9 Å². The molecule has 0 saturated carbocycles. The van der Waals surface area contributed by atoms with Crippen molar-refractivity contribution in [3.05, 3.63) is 70.9 Å². The van der Waals surface area contributed by atoms with Crippen LogP contribution in [0.15, 0.2) is 54.8 Å². The molecule has 1 heterocycles. The number of hydrogen-bond acceptors (Lipinski definition) is 6. The lowest BCUT2D eigenvalue weighted by Crippen LogP contribution is -2.09. The van der Waals surface area contributed by atoms with Crippen molar-refractivity contribution in [2.75, 3.05) is 14.2 Å². The summed E-state index contributed by atoms with van der Waals surface area (Å²) in [7, 11) is 4.51. The molecule has 1 aromatic heterocycles. The minimum Gasteiger partial charge on any atom is -0.507 e. The second-order valence-corrected chi connectivity index (χ2v) is 6.79. The molecule has 8 heteroatoms. The Morgan fingerprint density at radius 1 is 1.20 bits per heavy atom. The van der Waals surface area contributed by atoms with E-state index in [9.17, 15) is 9.90 Å². The first-order valence-electron chi connectivity index (χ1n) is 9.00. The van der Waals surface area contributed by atoms with Crippen LogP contribution >= 0.6 is 11.6 Å². The maximum atomic E-state index is 12.1. The third-order valence-electron chi connectivity index (χ3n) is 4.40. The second kappa shape index (κ2) is 9.37. The van der Waals surface area contributed by atoms with Crippen LogP contribution in [0.5, 0.6) is 11.6 Å². The molecule has 7 nitrogen and oxygen atoms in total. The molecule has 2 aromatic carbocycles. The van der Waals surface area contributed by atoms with Gasteiger partial charge in [0.25, 0.3) is 0 Å². The average molecular weight is 429 g/mol. The Balaban J connectivity index is 1.87. The highest BCUT2D eigenvalue weighted by molar-refractivity contribution is 6.31. The zero-order valence-electron chi connectivity index (χ0n) is 16.8. The molecule has 0 radical (unpaired) electrons. The molecule has 1 N–H and O–H groups in total. The van der Waals surface area contributed by atoms with Gasteiger partial charge in [-0.05, 0) is 29.3 Å². The molecule has 0 amide bonds. The van der Waals surface area contributed by atoms with Gasteiger partial charge in [0.05, 0.1) is 26.2 Å². The number of hydrogen-bond donors (Lipinski definition) is 1. The van der Waals surface area contributed by atoms with Gasteiger partial charge in [0.15, 0.2) is 0 Å². The molecule has 30 heavy (non-hydrogen) atoms. The van der Waals surface area contributed by atoms with Crippen LogP contribution in [0.25, 0.3) is 16.8 Å². The Morgan fingerprint density at radius 3 is 2.70 bits per heavy atom. The standard InChI is InChI=1S/C22H21ClN2O5/c1-25-21(11-19(24-25)17-10-15(23)8-9-20(17)26)30-12-14-6-4-5-7-16(14)18(13-28-2)22(27)29-3/h4-11,13,26H,12H2,1-3H3/b18-13+. The number of nitrogens with zero attached hydrogens (tertiary/aromatic N) is 2. The van der Waals surface area contributed by atoms with Gasteiger partial charge in [0, 0.05) is 23.7 Å². The summed E-state index contributed by atoms with van der Waals surface area (Å²) >= 11 is 6.03. The van der Waals surface area contributed by atoms with Crippen LogP contribution in [0.3, 0.4) is 0 Å². The van der Waals surface area contributed by atoms with Gasteiger partial charge in [-0.25, -0.2) is 9.48 Å². The van der Waals surface area contributed by atoms with Crippen molar-refractivity contribution in [2.24, 2.45) is 7.05 Å². The highest BCUT2D eigenvalue weighted by Crippen LogP contribution is 2.33. The largest absolute Gasteiger partial charge is 0.507 e. The van der Waals surface area contributed by atoms with Crippen LogP contribution in [-0.2, 0) is 27.9 Å². The van der Waals surface area contributed by atoms with Gasteiger partial charge in [-0.15, -0.1) is 0 Å². The molecule has 0 saturated heterocycles. The molecular weight excluding hydrogens is 408 g/mol. The number of esters is 1. The van der Waals surface area contributed by atoms with E-state index in [0.29, 0.717) is 27.7 Å². The Kier molecular flexibility index (Phi) is 6.64. The number of phenolic OH excluding ortho intramolecular Hbond substituents is 1. The zero-order chi connectivity index (χ0) is 21.7.